The second-order valence-electron chi connectivity index (χ2n) is 11.3. The zero-order valence-electron chi connectivity index (χ0n) is 24.9. The van der Waals surface area contributed by atoms with Gasteiger partial charge in [0.05, 0.1) is 23.7 Å². The number of rotatable bonds is 7. The van der Waals surface area contributed by atoms with E-state index in [2.05, 4.69) is 20.5 Å². The molecular formula is C33H39Cl2F2N5O3. The Hall–Kier alpha value is -3.44. The summed E-state index contributed by atoms with van der Waals surface area (Å²) in [4.78, 5) is 2.45. The molecule has 8 nitrogen and oxygen atoms in total. The minimum Gasteiger partial charge on any atom is -0.491 e. The molecule has 0 unspecified atom stereocenters. The molecule has 2 fully saturated rings. The third kappa shape index (κ3) is 8.43. The van der Waals surface area contributed by atoms with Crippen molar-refractivity contribution >= 4 is 52.4 Å². The van der Waals surface area contributed by atoms with Gasteiger partial charge in [0.1, 0.15) is 17.4 Å². The minimum absolute atomic E-state index is 0. The van der Waals surface area contributed by atoms with Crippen LogP contribution in [-0.2, 0) is 0 Å². The van der Waals surface area contributed by atoms with Crippen LogP contribution < -0.4 is 15.8 Å². The summed E-state index contributed by atoms with van der Waals surface area (Å²) < 4.78 is 42.5. The second-order valence-corrected chi connectivity index (χ2v) is 11.3. The third-order valence-corrected chi connectivity index (χ3v) is 8.42. The van der Waals surface area contributed by atoms with Crippen LogP contribution in [0.2, 0.25) is 0 Å². The first-order valence-electron chi connectivity index (χ1n) is 15.0. The van der Waals surface area contributed by atoms with Crippen molar-refractivity contribution in [1.82, 2.24) is 20.5 Å². The van der Waals surface area contributed by atoms with Crippen LogP contribution in [0, 0.1) is 11.6 Å². The SMILES string of the molecule is Cl.Cl.Fc1ccc2c(C3CCNCC3)noc2c1.Nc1ccccc1OCCCN1CCC(c2noc3cc(F)ccc23)CC1. The van der Waals surface area contributed by atoms with E-state index in [0.29, 0.717) is 35.3 Å². The molecule has 3 aromatic carbocycles. The van der Waals surface area contributed by atoms with Crippen molar-refractivity contribution in [2.45, 2.75) is 43.9 Å². The lowest BCUT2D eigenvalue weighted by Crippen LogP contribution is -2.34. The molecule has 0 radical (unpaired) electrons. The summed E-state index contributed by atoms with van der Waals surface area (Å²) in [6.07, 6.45) is 5.17. The van der Waals surface area contributed by atoms with Gasteiger partial charge in [0.15, 0.2) is 11.2 Å². The molecule has 12 heteroatoms. The van der Waals surface area contributed by atoms with E-state index in [1.807, 2.05) is 24.3 Å². The predicted molar refractivity (Wildman–Crippen MR) is 177 cm³/mol. The van der Waals surface area contributed by atoms with Gasteiger partial charge in [0, 0.05) is 41.3 Å². The Morgan fingerprint density at radius 3 is 1.93 bits per heavy atom. The van der Waals surface area contributed by atoms with Gasteiger partial charge in [-0.1, -0.05) is 22.4 Å². The summed E-state index contributed by atoms with van der Waals surface area (Å²) in [5.41, 5.74) is 9.59. The van der Waals surface area contributed by atoms with Gasteiger partial charge in [-0.05, 0) is 94.7 Å². The van der Waals surface area contributed by atoms with Crippen molar-refractivity contribution in [3.8, 4) is 5.75 Å². The number of para-hydroxylation sites is 2. The first-order valence-corrected chi connectivity index (χ1v) is 15.0. The maximum Gasteiger partial charge on any atom is 0.170 e. The van der Waals surface area contributed by atoms with Gasteiger partial charge in [-0.2, -0.15) is 0 Å². The number of hydrogen-bond acceptors (Lipinski definition) is 8. The molecule has 0 aliphatic carbocycles. The van der Waals surface area contributed by atoms with E-state index in [9.17, 15) is 8.78 Å². The van der Waals surface area contributed by atoms with E-state index in [0.717, 1.165) is 92.7 Å². The zero-order chi connectivity index (χ0) is 29.6. The lowest BCUT2D eigenvalue weighted by atomic mass is 9.91. The molecule has 0 amide bonds. The zero-order valence-corrected chi connectivity index (χ0v) is 26.6. The number of hydrogen-bond donors (Lipinski definition) is 2. The number of fused-ring (bicyclic) bond motifs is 2. The molecule has 7 rings (SSSR count). The second kappa shape index (κ2) is 16.2. The molecule has 4 heterocycles. The number of nitrogens with two attached hydrogens (primary N) is 1. The van der Waals surface area contributed by atoms with E-state index in [-0.39, 0.29) is 36.4 Å². The number of ether oxygens (including phenoxy) is 1. The molecule has 0 atom stereocenters. The Balaban J connectivity index is 0.000000220. The number of benzene rings is 3. The van der Waals surface area contributed by atoms with Crippen LogP contribution in [0.25, 0.3) is 21.9 Å². The maximum atomic E-state index is 13.3. The largest absolute Gasteiger partial charge is 0.491 e. The van der Waals surface area contributed by atoms with Crippen LogP contribution in [0.1, 0.15) is 55.3 Å². The summed E-state index contributed by atoms with van der Waals surface area (Å²) in [7, 11) is 0. The number of nitrogen functional groups attached to an aromatic ring is 1. The molecule has 45 heavy (non-hydrogen) atoms. The number of anilines is 1. The molecular weight excluding hydrogens is 623 g/mol. The highest BCUT2D eigenvalue weighted by Gasteiger charge is 2.25. The highest BCUT2D eigenvalue weighted by atomic mass is 35.5. The molecule has 0 saturated carbocycles. The summed E-state index contributed by atoms with van der Waals surface area (Å²) in [6.45, 7) is 5.74. The van der Waals surface area contributed by atoms with Crippen molar-refractivity contribution in [2.75, 3.05) is 45.1 Å². The molecule has 2 aliphatic rings. The Morgan fingerprint density at radius 1 is 0.800 bits per heavy atom. The summed E-state index contributed by atoms with van der Waals surface area (Å²) in [5, 5.41) is 13.5. The number of halogens is 4. The Labute approximate surface area is 273 Å². The van der Waals surface area contributed by atoms with Crippen molar-refractivity contribution in [1.29, 1.82) is 0 Å². The molecule has 0 bridgehead atoms. The number of nitrogens with zero attached hydrogens (tertiary/aromatic N) is 3. The fraction of sp³-hybridized carbons (Fsp3) is 0.394. The lowest BCUT2D eigenvalue weighted by molar-refractivity contribution is 0.191. The van der Waals surface area contributed by atoms with Gasteiger partial charge in [-0.15, -0.1) is 24.8 Å². The van der Waals surface area contributed by atoms with Gasteiger partial charge in [0.2, 0.25) is 0 Å². The lowest BCUT2D eigenvalue weighted by Gasteiger charge is -2.31. The van der Waals surface area contributed by atoms with Crippen LogP contribution >= 0.6 is 24.8 Å². The molecule has 3 N–H and O–H groups in total. The average molecular weight is 663 g/mol. The number of likely N-dealkylation sites (tertiary alicyclic amines) is 1. The van der Waals surface area contributed by atoms with Crippen molar-refractivity contribution < 1.29 is 22.6 Å². The van der Waals surface area contributed by atoms with Crippen LogP contribution in [0.15, 0.2) is 69.7 Å². The molecule has 2 aromatic heterocycles. The van der Waals surface area contributed by atoms with Crippen molar-refractivity contribution in [3.63, 3.8) is 0 Å². The predicted octanol–water partition coefficient (Wildman–Crippen LogP) is 7.48. The highest BCUT2D eigenvalue weighted by molar-refractivity contribution is 5.85. The smallest absolute Gasteiger partial charge is 0.170 e. The highest BCUT2D eigenvalue weighted by Crippen LogP contribution is 2.33. The first-order chi connectivity index (χ1) is 21.0. The maximum absolute atomic E-state index is 13.3. The van der Waals surface area contributed by atoms with Gasteiger partial charge in [0.25, 0.3) is 0 Å². The topological polar surface area (TPSA) is 103 Å². The van der Waals surface area contributed by atoms with Gasteiger partial charge >= 0.3 is 0 Å². The van der Waals surface area contributed by atoms with Crippen molar-refractivity contribution in [3.05, 3.63) is 83.7 Å². The molecule has 242 valence electrons. The fourth-order valence-corrected chi connectivity index (χ4v) is 6.06. The Morgan fingerprint density at radius 2 is 1.36 bits per heavy atom. The van der Waals surface area contributed by atoms with E-state index in [1.165, 1.54) is 24.3 Å². The van der Waals surface area contributed by atoms with Crippen LogP contribution in [-0.4, -0.2) is 54.5 Å². The fourth-order valence-electron chi connectivity index (χ4n) is 6.06. The minimum atomic E-state index is -0.292. The van der Waals surface area contributed by atoms with Crippen molar-refractivity contribution in [2.24, 2.45) is 0 Å². The number of piperidine rings is 2. The van der Waals surface area contributed by atoms with E-state index >= 15 is 0 Å². The number of nitrogens with one attached hydrogen (secondary N) is 1. The average Bonchev–Trinajstić information content (AvgIpc) is 3.65. The standard InChI is InChI=1S/C21H24FN3O2.C12H13FN2O.2ClH/c22-16-6-7-17-20(14-16)27-24-21(17)15-8-11-25(12-9-15)10-3-13-26-19-5-2-1-4-18(19)23;13-9-1-2-10-11(7-9)16-15-12(10)8-3-5-14-6-4-8;;/h1-2,4-7,14-15H,3,8-13,23H2;1-2,7-8,14H,3-6H2;2*1H. The summed E-state index contributed by atoms with van der Waals surface area (Å²) in [5.74, 6) is 0.992. The third-order valence-electron chi connectivity index (χ3n) is 8.42. The Kier molecular flexibility index (Phi) is 12.4. The van der Waals surface area contributed by atoms with Gasteiger partial charge < -0.3 is 29.7 Å². The van der Waals surface area contributed by atoms with E-state index < -0.39 is 0 Å². The molecule has 2 aliphatic heterocycles. The van der Waals surface area contributed by atoms with E-state index in [1.54, 1.807) is 12.1 Å². The monoisotopic (exact) mass is 661 g/mol. The quantitative estimate of drug-likeness (QED) is 0.137. The molecule has 0 spiro atoms. The van der Waals surface area contributed by atoms with E-state index in [4.69, 9.17) is 19.5 Å². The first kappa shape index (κ1) is 34.4. The normalized spacial score (nSPS) is 16.0. The van der Waals surface area contributed by atoms with Gasteiger partial charge in [-0.3, -0.25) is 0 Å². The summed E-state index contributed by atoms with van der Waals surface area (Å²) in [6, 6.07) is 16.8. The summed E-state index contributed by atoms with van der Waals surface area (Å²) >= 11 is 0. The molecule has 2 saturated heterocycles. The Bertz CT molecular complexity index is 1650. The van der Waals surface area contributed by atoms with Crippen LogP contribution in [0.5, 0.6) is 5.75 Å². The van der Waals surface area contributed by atoms with Gasteiger partial charge in [-0.25, -0.2) is 8.78 Å². The number of aromatic nitrogens is 2. The molecule has 5 aromatic rings. The van der Waals surface area contributed by atoms with Crippen LogP contribution in [0.3, 0.4) is 0 Å². The van der Waals surface area contributed by atoms with Crippen LogP contribution in [0.4, 0.5) is 14.5 Å².